The molecule has 0 spiro atoms. The second-order valence-corrected chi connectivity index (χ2v) is 5.99. The zero-order valence-electron chi connectivity index (χ0n) is 11.2. The molecule has 0 radical (unpaired) electrons. The summed E-state index contributed by atoms with van der Waals surface area (Å²) in [6.45, 7) is 6.08. The van der Waals surface area contributed by atoms with Gasteiger partial charge in [0.1, 0.15) is 6.61 Å². The van der Waals surface area contributed by atoms with Gasteiger partial charge >= 0.3 is 0 Å². The van der Waals surface area contributed by atoms with Crippen LogP contribution in [0.5, 0.6) is 0 Å². The van der Waals surface area contributed by atoms with E-state index in [4.69, 9.17) is 5.11 Å². The fourth-order valence-electron chi connectivity index (χ4n) is 2.08. The lowest BCUT2D eigenvalue weighted by atomic mass is 9.99. The highest BCUT2D eigenvalue weighted by Gasteiger charge is 2.37. The number of aliphatic hydroxyl groups is 1. The topological polar surface area (TPSA) is 52.6 Å². The van der Waals surface area contributed by atoms with E-state index in [-0.39, 0.29) is 12.5 Å². The molecule has 1 saturated heterocycles. The highest BCUT2D eigenvalue weighted by molar-refractivity contribution is 7.10. The van der Waals surface area contributed by atoms with Crippen LogP contribution in [0.4, 0.5) is 0 Å². The van der Waals surface area contributed by atoms with Gasteiger partial charge in [0.25, 0.3) is 0 Å². The summed E-state index contributed by atoms with van der Waals surface area (Å²) >= 11 is 1.64. The Morgan fingerprint density at radius 3 is 3.11 bits per heavy atom. The SMILES string of the molecule is CC1(C)C(=O)NCCN1Cc1cc(C#CCO)cs1. The van der Waals surface area contributed by atoms with Gasteiger partial charge in [-0.05, 0) is 19.9 Å². The van der Waals surface area contributed by atoms with Gasteiger partial charge in [-0.1, -0.05) is 11.8 Å². The molecule has 1 amide bonds. The Kier molecular flexibility index (Phi) is 4.25. The van der Waals surface area contributed by atoms with Gasteiger partial charge in [-0.2, -0.15) is 0 Å². The summed E-state index contributed by atoms with van der Waals surface area (Å²) in [5, 5.41) is 13.5. The van der Waals surface area contributed by atoms with Crippen LogP contribution < -0.4 is 5.32 Å². The van der Waals surface area contributed by atoms with Gasteiger partial charge in [-0.15, -0.1) is 11.3 Å². The second kappa shape index (κ2) is 5.74. The summed E-state index contributed by atoms with van der Waals surface area (Å²) in [4.78, 5) is 15.2. The third kappa shape index (κ3) is 3.16. The average Bonchev–Trinajstić information content (AvgIpc) is 2.81. The molecule has 0 unspecified atom stereocenters. The van der Waals surface area contributed by atoms with E-state index < -0.39 is 5.54 Å². The van der Waals surface area contributed by atoms with E-state index in [9.17, 15) is 4.79 Å². The Morgan fingerprint density at radius 1 is 1.58 bits per heavy atom. The molecule has 2 N–H and O–H groups in total. The highest BCUT2D eigenvalue weighted by Crippen LogP contribution is 2.23. The Labute approximate surface area is 117 Å². The third-order valence-corrected chi connectivity index (χ3v) is 4.25. The molecule has 1 aliphatic heterocycles. The summed E-state index contributed by atoms with van der Waals surface area (Å²) in [5.41, 5.74) is 0.451. The minimum absolute atomic E-state index is 0.0793. The molecule has 19 heavy (non-hydrogen) atoms. The minimum Gasteiger partial charge on any atom is -0.384 e. The van der Waals surface area contributed by atoms with Crippen LogP contribution in [0.25, 0.3) is 0 Å². The molecule has 1 aromatic heterocycles. The van der Waals surface area contributed by atoms with Crippen LogP contribution in [-0.2, 0) is 11.3 Å². The van der Waals surface area contributed by atoms with Gasteiger partial charge in [-0.25, -0.2) is 0 Å². The molecule has 102 valence electrons. The van der Waals surface area contributed by atoms with Crippen molar-refractivity contribution in [3.63, 3.8) is 0 Å². The number of aliphatic hydroxyl groups excluding tert-OH is 1. The first kappa shape index (κ1) is 14.1. The van der Waals surface area contributed by atoms with E-state index in [1.54, 1.807) is 11.3 Å². The maximum Gasteiger partial charge on any atom is 0.240 e. The van der Waals surface area contributed by atoms with Crippen molar-refractivity contribution in [1.29, 1.82) is 0 Å². The summed E-state index contributed by atoms with van der Waals surface area (Å²) < 4.78 is 0. The Hall–Kier alpha value is -1.35. The second-order valence-electron chi connectivity index (χ2n) is 5.00. The molecule has 2 heterocycles. The van der Waals surface area contributed by atoms with E-state index in [0.717, 1.165) is 18.7 Å². The normalized spacial score (nSPS) is 18.6. The first-order chi connectivity index (χ1) is 9.04. The maximum absolute atomic E-state index is 11.9. The van der Waals surface area contributed by atoms with Gasteiger partial charge in [0.15, 0.2) is 0 Å². The molecule has 0 aliphatic carbocycles. The minimum atomic E-state index is -0.473. The van der Waals surface area contributed by atoms with Crippen molar-refractivity contribution in [2.45, 2.75) is 25.9 Å². The molecule has 1 aliphatic rings. The lowest BCUT2D eigenvalue weighted by molar-refractivity contribution is -0.135. The number of hydrogen-bond acceptors (Lipinski definition) is 4. The number of nitrogens with one attached hydrogen (secondary N) is 1. The zero-order chi connectivity index (χ0) is 13.9. The van der Waals surface area contributed by atoms with Crippen molar-refractivity contribution in [3.8, 4) is 11.8 Å². The van der Waals surface area contributed by atoms with Crippen LogP contribution in [-0.4, -0.2) is 41.1 Å². The molecule has 1 fully saturated rings. The van der Waals surface area contributed by atoms with Crippen molar-refractivity contribution in [2.24, 2.45) is 0 Å². The molecule has 1 aromatic rings. The van der Waals surface area contributed by atoms with Crippen LogP contribution in [0.1, 0.15) is 24.3 Å². The van der Waals surface area contributed by atoms with E-state index in [2.05, 4.69) is 22.1 Å². The molecular weight excluding hydrogens is 260 g/mol. The van der Waals surface area contributed by atoms with Crippen LogP contribution >= 0.6 is 11.3 Å². The molecule has 0 bridgehead atoms. The number of thiophene rings is 1. The van der Waals surface area contributed by atoms with E-state index >= 15 is 0 Å². The quantitative estimate of drug-likeness (QED) is 0.787. The summed E-state index contributed by atoms with van der Waals surface area (Å²) in [6.07, 6.45) is 0. The molecule has 0 saturated carbocycles. The molecule has 0 aromatic carbocycles. The molecule has 0 atom stereocenters. The van der Waals surface area contributed by atoms with Gasteiger partial charge < -0.3 is 10.4 Å². The van der Waals surface area contributed by atoms with Crippen LogP contribution in [0.3, 0.4) is 0 Å². The third-order valence-electron chi connectivity index (χ3n) is 3.33. The zero-order valence-corrected chi connectivity index (χ0v) is 12.0. The Balaban J connectivity index is 2.08. The lowest BCUT2D eigenvalue weighted by Crippen LogP contribution is -2.61. The number of carbonyl (C=O) groups is 1. The smallest absolute Gasteiger partial charge is 0.240 e. The molecule has 2 rings (SSSR count). The van der Waals surface area contributed by atoms with Gasteiger partial charge in [0.2, 0.25) is 5.91 Å². The van der Waals surface area contributed by atoms with Crippen LogP contribution in [0.15, 0.2) is 11.4 Å². The van der Waals surface area contributed by atoms with Gasteiger partial charge in [0, 0.05) is 35.5 Å². The number of amides is 1. The number of hydrogen-bond donors (Lipinski definition) is 2. The first-order valence-corrected chi connectivity index (χ1v) is 7.12. The van der Waals surface area contributed by atoms with Crippen LogP contribution in [0.2, 0.25) is 0 Å². The first-order valence-electron chi connectivity index (χ1n) is 6.24. The summed E-state index contributed by atoms with van der Waals surface area (Å²) in [7, 11) is 0. The molecule has 5 heteroatoms. The molecular formula is C14H18N2O2S. The summed E-state index contributed by atoms with van der Waals surface area (Å²) in [6, 6.07) is 2.02. The van der Waals surface area contributed by atoms with Crippen molar-refractivity contribution in [3.05, 3.63) is 21.9 Å². The summed E-state index contributed by atoms with van der Waals surface area (Å²) in [5.74, 6) is 5.61. The Bertz CT molecular complexity index is 525. The van der Waals surface area contributed by atoms with Gasteiger partial charge in [0.05, 0.1) is 5.54 Å². The number of carbonyl (C=O) groups excluding carboxylic acids is 1. The van der Waals surface area contributed by atoms with Crippen molar-refractivity contribution in [1.82, 2.24) is 10.2 Å². The molecule has 4 nitrogen and oxygen atoms in total. The predicted octanol–water partition coefficient (Wildman–Crippen LogP) is 0.802. The number of piperazine rings is 1. The van der Waals surface area contributed by atoms with E-state index in [1.165, 1.54) is 4.88 Å². The van der Waals surface area contributed by atoms with E-state index in [1.807, 2.05) is 25.3 Å². The fraction of sp³-hybridized carbons (Fsp3) is 0.500. The standard InChI is InChI=1S/C14H18N2O2S/c1-14(2)13(18)15-5-6-16(14)9-12-8-11(10-19-12)4-3-7-17/h8,10,17H,5-7,9H2,1-2H3,(H,15,18). The predicted molar refractivity (Wildman–Crippen MR) is 75.8 cm³/mol. The van der Waals surface area contributed by atoms with Crippen molar-refractivity contribution < 1.29 is 9.90 Å². The number of nitrogens with zero attached hydrogens (tertiary/aromatic N) is 1. The van der Waals surface area contributed by atoms with E-state index in [0.29, 0.717) is 6.54 Å². The van der Waals surface area contributed by atoms with Crippen LogP contribution in [0, 0.1) is 11.8 Å². The number of rotatable bonds is 2. The van der Waals surface area contributed by atoms with Crippen molar-refractivity contribution >= 4 is 17.2 Å². The lowest BCUT2D eigenvalue weighted by Gasteiger charge is -2.40. The largest absolute Gasteiger partial charge is 0.384 e. The van der Waals surface area contributed by atoms with Crippen molar-refractivity contribution in [2.75, 3.05) is 19.7 Å². The fourth-order valence-corrected chi connectivity index (χ4v) is 2.91. The Morgan fingerprint density at radius 2 is 2.37 bits per heavy atom. The van der Waals surface area contributed by atoms with Gasteiger partial charge in [-0.3, -0.25) is 9.69 Å². The highest BCUT2D eigenvalue weighted by atomic mass is 32.1. The average molecular weight is 278 g/mol. The maximum atomic E-state index is 11.9. The monoisotopic (exact) mass is 278 g/mol.